The minimum atomic E-state index is -0.899. The van der Waals surface area contributed by atoms with Gasteiger partial charge in [-0.2, -0.15) is 0 Å². The number of carbonyl (C=O) groups is 1. The van der Waals surface area contributed by atoms with E-state index in [1.807, 2.05) is 12.0 Å². The summed E-state index contributed by atoms with van der Waals surface area (Å²) >= 11 is 1.72. The number of ether oxygens (including phenoxy) is 1. The van der Waals surface area contributed by atoms with Gasteiger partial charge in [0.05, 0.1) is 12.6 Å². The maximum atomic E-state index is 15.4. The summed E-state index contributed by atoms with van der Waals surface area (Å²) in [5.41, 5.74) is 7.37. The molecular weight excluding hydrogens is 601 g/mol. The first kappa shape index (κ1) is 32.3. The summed E-state index contributed by atoms with van der Waals surface area (Å²) in [7, 11) is 10.1. The normalized spacial score (nSPS) is 25.0. The van der Waals surface area contributed by atoms with Crippen LogP contribution < -0.4 is 9.80 Å². The molecule has 2 saturated carbocycles. The Morgan fingerprint density at radius 3 is 2.21 bits per heavy atom. The summed E-state index contributed by atoms with van der Waals surface area (Å²) in [6.07, 6.45) is 10.0. The van der Waals surface area contributed by atoms with Crippen molar-refractivity contribution in [3.8, 4) is 0 Å². The zero-order valence-corrected chi connectivity index (χ0v) is 29.6. The molecule has 7 heteroatoms. The number of fused-ring (bicyclic) bond motifs is 3. The number of aliphatic imine (C=N–C) groups is 1. The van der Waals surface area contributed by atoms with Gasteiger partial charge >= 0.3 is 0 Å². The van der Waals surface area contributed by atoms with Crippen LogP contribution in [0.25, 0.3) is 0 Å². The lowest BCUT2D eigenvalue weighted by Crippen LogP contribution is -2.51. The number of carbonyl (C=O) groups excluding carboxylic acids is 1. The Balaban J connectivity index is 1.31. The minimum Gasteiger partial charge on any atom is -0.381 e. The fourth-order valence-electron chi connectivity index (χ4n) is 8.24. The summed E-state index contributed by atoms with van der Waals surface area (Å²) in [6, 6.07) is 24.3. The zero-order valence-electron chi connectivity index (χ0n) is 28.8. The second-order valence-electron chi connectivity index (χ2n) is 14.8. The molecule has 0 aromatic heterocycles. The molecule has 1 heterocycles. The van der Waals surface area contributed by atoms with Crippen molar-refractivity contribution in [1.82, 2.24) is 4.90 Å². The third-order valence-electron chi connectivity index (χ3n) is 11.2. The third kappa shape index (κ3) is 6.10. The van der Waals surface area contributed by atoms with E-state index in [9.17, 15) is 0 Å². The van der Waals surface area contributed by atoms with Crippen LogP contribution in [-0.2, 0) is 40.2 Å². The van der Waals surface area contributed by atoms with E-state index >= 15 is 4.79 Å². The van der Waals surface area contributed by atoms with Crippen LogP contribution in [0.4, 0.5) is 11.4 Å². The van der Waals surface area contributed by atoms with Crippen molar-refractivity contribution < 1.29 is 9.53 Å². The molecule has 4 aliphatic rings. The molecule has 0 saturated heterocycles. The fraction of sp³-hybridized carbons (Fsp3) is 0.500. The first-order valence-corrected chi connectivity index (χ1v) is 18.4. The Kier molecular flexibility index (Phi) is 8.90. The predicted octanol–water partition coefficient (Wildman–Crippen LogP) is 7.82. The largest absolute Gasteiger partial charge is 0.381 e. The van der Waals surface area contributed by atoms with E-state index in [1.54, 1.807) is 11.8 Å². The van der Waals surface area contributed by atoms with Crippen molar-refractivity contribution in [2.24, 2.45) is 16.3 Å². The molecule has 2 spiro atoms. The van der Waals surface area contributed by atoms with Gasteiger partial charge in [0.2, 0.25) is 0 Å². The van der Waals surface area contributed by atoms with Gasteiger partial charge in [-0.15, -0.1) is 0 Å². The number of methoxy groups -OCH3 is 1. The molecule has 7 rings (SSSR count). The van der Waals surface area contributed by atoms with Crippen LogP contribution >= 0.6 is 11.8 Å². The molecule has 1 amide bonds. The summed E-state index contributed by atoms with van der Waals surface area (Å²) in [4.78, 5) is 27.5. The van der Waals surface area contributed by atoms with Crippen LogP contribution in [0.2, 0.25) is 0 Å². The van der Waals surface area contributed by atoms with Gasteiger partial charge < -0.3 is 14.5 Å². The van der Waals surface area contributed by atoms with Crippen LogP contribution in [0.3, 0.4) is 0 Å². The lowest BCUT2D eigenvalue weighted by atomic mass is 9.61. The summed E-state index contributed by atoms with van der Waals surface area (Å²) in [5.74, 6) is 1.79. The number of hydrogen-bond acceptors (Lipinski definition) is 6. The van der Waals surface area contributed by atoms with E-state index in [4.69, 9.17) is 9.73 Å². The van der Waals surface area contributed by atoms with E-state index in [0.717, 1.165) is 66.6 Å². The lowest BCUT2D eigenvalue weighted by molar-refractivity contribution is -0.138. The van der Waals surface area contributed by atoms with E-state index in [2.05, 4.69) is 105 Å². The van der Waals surface area contributed by atoms with Crippen LogP contribution in [-0.4, -0.2) is 57.4 Å². The second-order valence-corrected chi connectivity index (χ2v) is 15.7. The monoisotopic (exact) mass is 650 g/mol. The molecule has 47 heavy (non-hydrogen) atoms. The molecule has 1 unspecified atom stereocenters. The Morgan fingerprint density at radius 1 is 0.872 bits per heavy atom. The first-order chi connectivity index (χ1) is 22.7. The van der Waals surface area contributed by atoms with Gasteiger partial charge in [-0.25, -0.2) is 4.99 Å². The quantitative estimate of drug-likeness (QED) is 0.224. The fourth-order valence-corrected chi connectivity index (χ4v) is 9.22. The highest BCUT2D eigenvalue weighted by molar-refractivity contribution is 8.13. The number of anilines is 2. The van der Waals surface area contributed by atoms with Crippen LogP contribution in [0.1, 0.15) is 72.8 Å². The lowest BCUT2D eigenvalue weighted by Gasteiger charge is -2.45. The number of rotatable bonds is 10. The van der Waals surface area contributed by atoms with E-state index < -0.39 is 5.54 Å². The van der Waals surface area contributed by atoms with Crippen molar-refractivity contribution in [3.63, 3.8) is 0 Å². The SMILES string of the molecule is COC1CCC2(CC1)Cc1ccc(CCC3CC3)cc1C21N=C(SCc2cccc(N(C)C)c2)N(Cc2cccc(N(C)C)c2)C1=O. The van der Waals surface area contributed by atoms with Gasteiger partial charge in [0.25, 0.3) is 5.91 Å². The van der Waals surface area contributed by atoms with Crippen molar-refractivity contribution in [2.75, 3.05) is 45.1 Å². The first-order valence-electron chi connectivity index (χ1n) is 17.4. The van der Waals surface area contributed by atoms with Gasteiger partial charge in [-0.05, 0) is 103 Å². The standard InChI is InChI=1S/C40H50N4O2S/c1-42(2)33-10-6-8-30(22-33)26-44-37(45)40(41-38(44)47-27-31-9-7-11-34(23-31)43(3)4)36-24-29(15-14-28-12-13-28)16-17-32(36)25-39(40)20-18-35(46-5)19-21-39/h6-11,16-17,22-24,28,35H,12-15,18-21,25-27H2,1-5H3. The molecule has 3 aromatic carbocycles. The summed E-state index contributed by atoms with van der Waals surface area (Å²) < 4.78 is 5.85. The Bertz CT molecular complexity index is 1660. The van der Waals surface area contributed by atoms with E-state index in [0.29, 0.717) is 6.54 Å². The van der Waals surface area contributed by atoms with Crippen molar-refractivity contribution in [3.05, 3.63) is 94.5 Å². The van der Waals surface area contributed by atoms with Gasteiger partial charge in [0.1, 0.15) is 0 Å². The summed E-state index contributed by atoms with van der Waals surface area (Å²) in [5, 5.41) is 0.852. The number of amides is 1. The number of thioether (sulfide) groups is 1. The molecular formula is C40H50N4O2S. The van der Waals surface area contributed by atoms with Gasteiger partial charge in [-0.3, -0.25) is 9.69 Å². The third-order valence-corrected chi connectivity index (χ3v) is 12.3. The predicted molar refractivity (Wildman–Crippen MR) is 195 cm³/mol. The van der Waals surface area contributed by atoms with Gasteiger partial charge in [0.15, 0.2) is 10.7 Å². The van der Waals surface area contributed by atoms with Gasteiger partial charge in [0, 0.05) is 57.8 Å². The molecule has 1 atom stereocenters. The Morgan fingerprint density at radius 2 is 1.55 bits per heavy atom. The van der Waals surface area contributed by atoms with E-state index in [1.165, 1.54) is 47.2 Å². The van der Waals surface area contributed by atoms with Crippen LogP contribution in [0.5, 0.6) is 0 Å². The van der Waals surface area contributed by atoms with E-state index in [-0.39, 0.29) is 17.4 Å². The summed E-state index contributed by atoms with van der Waals surface area (Å²) in [6.45, 7) is 0.513. The van der Waals surface area contributed by atoms with Crippen LogP contribution in [0.15, 0.2) is 71.7 Å². The molecule has 0 N–H and O–H groups in total. The van der Waals surface area contributed by atoms with Crippen molar-refractivity contribution in [2.45, 2.75) is 81.7 Å². The Hall–Kier alpha value is -3.29. The molecule has 3 aliphatic carbocycles. The Labute approximate surface area is 285 Å². The number of amidine groups is 1. The molecule has 1 aliphatic heterocycles. The highest BCUT2D eigenvalue weighted by Crippen LogP contribution is 2.63. The van der Waals surface area contributed by atoms with Crippen LogP contribution in [0, 0.1) is 11.3 Å². The van der Waals surface area contributed by atoms with Gasteiger partial charge in [-0.1, -0.05) is 67.1 Å². The highest BCUT2D eigenvalue weighted by atomic mass is 32.2. The molecule has 0 radical (unpaired) electrons. The molecule has 6 nitrogen and oxygen atoms in total. The number of hydrogen-bond donors (Lipinski definition) is 0. The molecule has 0 bridgehead atoms. The molecule has 248 valence electrons. The topological polar surface area (TPSA) is 48.4 Å². The number of aryl methyl sites for hydroxylation is 1. The molecule has 3 aromatic rings. The number of benzene rings is 3. The highest BCUT2D eigenvalue weighted by Gasteiger charge is 2.66. The molecule has 2 fully saturated rings. The minimum absolute atomic E-state index is 0.159. The number of nitrogens with zero attached hydrogens (tertiary/aromatic N) is 4. The maximum Gasteiger partial charge on any atom is 0.262 e. The zero-order chi connectivity index (χ0) is 32.8. The van der Waals surface area contributed by atoms with Crippen molar-refractivity contribution >= 4 is 34.2 Å². The maximum absolute atomic E-state index is 15.4. The average Bonchev–Trinajstić information content (AvgIpc) is 3.83. The second kappa shape index (κ2) is 13.0. The van der Waals surface area contributed by atoms with Crippen molar-refractivity contribution in [1.29, 1.82) is 0 Å². The smallest absolute Gasteiger partial charge is 0.262 e. The average molecular weight is 651 g/mol.